The quantitative estimate of drug-likeness (QED) is 0.611. The zero-order chi connectivity index (χ0) is 19.1. The SMILES string of the molecule is Cl.Nc1ccccc1CCC(=O)NCc1cccc(NC(=O)C2CCCC2)c1. The van der Waals surface area contributed by atoms with E-state index in [0.717, 1.165) is 48.2 Å². The second-order valence-electron chi connectivity index (χ2n) is 7.15. The summed E-state index contributed by atoms with van der Waals surface area (Å²) >= 11 is 0. The van der Waals surface area contributed by atoms with Crippen LogP contribution in [0, 0.1) is 5.92 Å². The molecule has 1 fully saturated rings. The van der Waals surface area contributed by atoms with E-state index in [2.05, 4.69) is 10.6 Å². The van der Waals surface area contributed by atoms with Crippen LogP contribution in [0.15, 0.2) is 48.5 Å². The van der Waals surface area contributed by atoms with E-state index in [-0.39, 0.29) is 30.1 Å². The van der Waals surface area contributed by atoms with E-state index in [4.69, 9.17) is 5.73 Å². The van der Waals surface area contributed by atoms with E-state index < -0.39 is 0 Å². The van der Waals surface area contributed by atoms with Gasteiger partial charge in [-0.05, 0) is 48.6 Å². The van der Waals surface area contributed by atoms with E-state index in [0.29, 0.717) is 19.4 Å². The van der Waals surface area contributed by atoms with Crippen LogP contribution in [0.5, 0.6) is 0 Å². The normalized spacial score (nSPS) is 13.6. The van der Waals surface area contributed by atoms with Crippen molar-refractivity contribution in [3.8, 4) is 0 Å². The second kappa shape index (κ2) is 10.7. The highest BCUT2D eigenvalue weighted by Crippen LogP contribution is 2.26. The Kier molecular flexibility index (Phi) is 8.33. The number of anilines is 2. The van der Waals surface area contributed by atoms with E-state index in [1.165, 1.54) is 0 Å². The number of nitrogens with one attached hydrogen (secondary N) is 2. The molecule has 2 amide bonds. The van der Waals surface area contributed by atoms with Crippen LogP contribution in [-0.4, -0.2) is 11.8 Å². The van der Waals surface area contributed by atoms with Crippen molar-refractivity contribution >= 4 is 35.6 Å². The van der Waals surface area contributed by atoms with Gasteiger partial charge in [-0.3, -0.25) is 9.59 Å². The lowest BCUT2D eigenvalue weighted by Gasteiger charge is -2.12. The van der Waals surface area contributed by atoms with Gasteiger partial charge in [0.25, 0.3) is 0 Å². The van der Waals surface area contributed by atoms with Crippen LogP contribution in [0.2, 0.25) is 0 Å². The zero-order valence-electron chi connectivity index (χ0n) is 15.9. The molecule has 4 N–H and O–H groups in total. The van der Waals surface area contributed by atoms with Gasteiger partial charge in [-0.15, -0.1) is 12.4 Å². The Bertz CT molecular complexity index is 804. The Morgan fingerprint density at radius 2 is 1.79 bits per heavy atom. The number of hydrogen-bond donors (Lipinski definition) is 3. The fourth-order valence-electron chi connectivity index (χ4n) is 3.49. The smallest absolute Gasteiger partial charge is 0.227 e. The van der Waals surface area contributed by atoms with E-state index in [1.807, 2.05) is 48.5 Å². The number of para-hydroxylation sites is 1. The molecular formula is C22H28ClN3O2. The number of rotatable bonds is 7. The fourth-order valence-corrected chi connectivity index (χ4v) is 3.49. The lowest BCUT2D eigenvalue weighted by atomic mass is 10.1. The van der Waals surface area contributed by atoms with Gasteiger partial charge in [-0.25, -0.2) is 0 Å². The third-order valence-electron chi connectivity index (χ3n) is 5.09. The summed E-state index contributed by atoms with van der Waals surface area (Å²) in [7, 11) is 0. The van der Waals surface area contributed by atoms with Crippen molar-refractivity contribution in [3.05, 3.63) is 59.7 Å². The Balaban J connectivity index is 0.00000280. The number of halogens is 1. The van der Waals surface area contributed by atoms with Crippen molar-refractivity contribution in [2.45, 2.75) is 45.1 Å². The number of nitrogens with two attached hydrogens (primary N) is 1. The van der Waals surface area contributed by atoms with E-state index in [1.54, 1.807) is 0 Å². The molecule has 3 rings (SSSR count). The van der Waals surface area contributed by atoms with Crippen molar-refractivity contribution in [2.24, 2.45) is 5.92 Å². The lowest BCUT2D eigenvalue weighted by Crippen LogP contribution is -2.23. The minimum atomic E-state index is -0.0151. The van der Waals surface area contributed by atoms with Crippen molar-refractivity contribution in [1.82, 2.24) is 5.32 Å². The molecule has 2 aromatic rings. The topological polar surface area (TPSA) is 84.2 Å². The Hall–Kier alpha value is -2.53. The Morgan fingerprint density at radius 1 is 1.04 bits per heavy atom. The van der Waals surface area contributed by atoms with Crippen molar-refractivity contribution < 1.29 is 9.59 Å². The third-order valence-corrected chi connectivity index (χ3v) is 5.09. The van der Waals surface area contributed by atoms with Gasteiger partial charge in [0.2, 0.25) is 11.8 Å². The molecule has 0 heterocycles. The highest BCUT2D eigenvalue weighted by molar-refractivity contribution is 5.92. The minimum absolute atomic E-state index is 0. The summed E-state index contributed by atoms with van der Waals surface area (Å²) in [6, 6.07) is 15.2. The summed E-state index contributed by atoms with van der Waals surface area (Å²) in [6.45, 7) is 0.441. The number of carbonyl (C=O) groups is 2. The van der Waals surface area contributed by atoms with Gasteiger partial charge in [-0.2, -0.15) is 0 Å². The van der Waals surface area contributed by atoms with Crippen LogP contribution in [0.25, 0.3) is 0 Å². The number of aryl methyl sites for hydroxylation is 1. The van der Waals surface area contributed by atoms with Gasteiger partial charge in [-0.1, -0.05) is 43.2 Å². The molecule has 0 spiro atoms. The summed E-state index contributed by atoms with van der Waals surface area (Å²) in [5, 5.41) is 5.93. The summed E-state index contributed by atoms with van der Waals surface area (Å²) < 4.78 is 0. The Morgan fingerprint density at radius 3 is 2.54 bits per heavy atom. The summed E-state index contributed by atoms with van der Waals surface area (Å²) in [6.07, 6.45) is 5.25. The highest BCUT2D eigenvalue weighted by Gasteiger charge is 2.22. The molecule has 0 aliphatic heterocycles. The van der Waals surface area contributed by atoms with Gasteiger partial charge in [0.15, 0.2) is 0 Å². The Labute approximate surface area is 172 Å². The number of benzene rings is 2. The molecule has 150 valence electrons. The van der Waals surface area contributed by atoms with Gasteiger partial charge in [0.05, 0.1) is 0 Å². The first-order valence-corrected chi connectivity index (χ1v) is 9.62. The van der Waals surface area contributed by atoms with Gasteiger partial charge in [0.1, 0.15) is 0 Å². The van der Waals surface area contributed by atoms with Crippen molar-refractivity contribution in [3.63, 3.8) is 0 Å². The second-order valence-corrected chi connectivity index (χ2v) is 7.15. The third kappa shape index (κ3) is 6.27. The highest BCUT2D eigenvalue weighted by atomic mass is 35.5. The van der Waals surface area contributed by atoms with Crippen LogP contribution in [-0.2, 0) is 22.6 Å². The molecule has 1 aliphatic rings. The summed E-state index contributed by atoms with van der Waals surface area (Å²) in [5.41, 5.74) is 9.37. The first-order valence-electron chi connectivity index (χ1n) is 9.62. The van der Waals surface area contributed by atoms with E-state index >= 15 is 0 Å². The number of amides is 2. The molecule has 0 atom stereocenters. The average Bonchev–Trinajstić information content (AvgIpc) is 3.21. The van der Waals surface area contributed by atoms with Gasteiger partial charge >= 0.3 is 0 Å². The number of nitrogen functional groups attached to an aromatic ring is 1. The molecule has 0 unspecified atom stereocenters. The molecule has 0 aromatic heterocycles. The summed E-state index contributed by atoms with van der Waals surface area (Å²) in [4.78, 5) is 24.4. The van der Waals surface area contributed by atoms with Crippen LogP contribution in [0.4, 0.5) is 11.4 Å². The maximum Gasteiger partial charge on any atom is 0.227 e. The first-order chi connectivity index (χ1) is 13.1. The predicted octanol–water partition coefficient (Wildman–Crippen LogP) is 4.07. The lowest BCUT2D eigenvalue weighted by molar-refractivity contribution is -0.121. The minimum Gasteiger partial charge on any atom is -0.399 e. The summed E-state index contributed by atoms with van der Waals surface area (Å²) in [5.74, 6) is 0.228. The number of carbonyl (C=O) groups excluding carboxylic acids is 2. The molecule has 6 heteroatoms. The van der Waals surface area contributed by atoms with E-state index in [9.17, 15) is 9.59 Å². The monoisotopic (exact) mass is 401 g/mol. The molecule has 0 bridgehead atoms. The fraction of sp³-hybridized carbons (Fsp3) is 0.364. The maximum atomic E-state index is 12.2. The molecule has 1 saturated carbocycles. The molecule has 28 heavy (non-hydrogen) atoms. The standard InChI is InChI=1S/C22H27N3O2.ClH/c23-20-11-4-3-7-17(20)12-13-21(26)24-15-16-6-5-10-19(14-16)25-22(27)18-8-1-2-9-18;/h3-7,10-11,14,18H,1-2,8-9,12-13,15,23H2,(H,24,26)(H,25,27);1H. The van der Waals surface area contributed by atoms with Crippen LogP contribution < -0.4 is 16.4 Å². The predicted molar refractivity (Wildman–Crippen MR) is 115 cm³/mol. The maximum absolute atomic E-state index is 12.2. The molecule has 0 saturated heterocycles. The zero-order valence-corrected chi connectivity index (χ0v) is 16.8. The van der Waals surface area contributed by atoms with Crippen LogP contribution in [0.3, 0.4) is 0 Å². The molecular weight excluding hydrogens is 374 g/mol. The molecule has 1 aliphatic carbocycles. The first kappa shape index (κ1) is 21.8. The van der Waals surface area contributed by atoms with Crippen LogP contribution >= 0.6 is 12.4 Å². The van der Waals surface area contributed by atoms with Crippen molar-refractivity contribution in [2.75, 3.05) is 11.1 Å². The molecule has 0 radical (unpaired) electrons. The largest absolute Gasteiger partial charge is 0.399 e. The number of hydrogen-bond acceptors (Lipinski definition) is 3. The van der Waals surface area contributed by atoms with Gasteiger partial charge in [0, 0.05) is 30.3 Å². The molecule has 2 aromatic carbocycles. The van der Waals surface area contributed by atoms with Crippen molar-refractivity contribution in [1.29, 1.82) is 0 Å². The van der Waals surface area contributed by atoms with Crippen LogP contribution in [0.1, 0.15) is 43.2 Å². The molecule has 5 nitrogen and oxygen atoms in total. The average molecular weight is 402 g/mol. The van der Waals surface area contributed by atoms with Gasteiger partial charge < -0.3 is 16.4 Å².